The molecule has 11 heteroatoms. The quantitative estimate of drug-likeness (QED) is 0.491. The average molecular weight is 514 g/mol. The topological polar surface area (TPSA) is 139 Å². The molecule has 0 aliphatic carbocycles. The first-order chi connectivity index (χ1) is 17.4. The number of nitrogens with one attached hydrogen (secondary N) is 1. The molecule has 0 radical (unpaired) electrons. The zero-order valence-corrected chi connectivity index (χ0v) is 20.8. The molecule has 1 amide bonds. The maximum atomic E-state index is 13.2. The normalized spacial score (nSPS) is 19.4. The average Bonchev–Trinajstić information content (AvgIpc) is 2.86. The van der Waals surface area contributed by atoms with Gasteiger partial charge in [-0.1, -0.05) is 30.3 Å². The molecule has 1 aromatic heterocycles. The number of pyridine rings is 1. The van der Waals surface area contributed by atoms with Gasteiger partial charge in [-0.2, -0.15) is 0 Å². The van der Waals surface area contributed by atoms with Gasteiger partial charge in [0, 0.05) is 38.3 Å². The largest absolute Gasteiger partial charge is 0.492 e. The number of benzene rings is 1. The van der Waals surface area contributed by atoms with E-state index in [-0.39, 0.29) is 25.6 Å². The van der Waals surface area contributed by atoms with E-state index < -0.39 is 21.4 Å². The number of carbonyl (C=O) groups excluding carboxylic acids is 1. The smallest absolute Gasteiger partial charge is 0.410 e. The summed E-state index contributed by atoms with van der Waals surface area (Å²) in [4.78, 5) is 17.9. The number of hydrogen-bond acceptors (Lipinski definition) is 8. The Hall–Kier alpha value is -3.44. The first kappa shape index (κ1) is 25.6. The first-order valence-corrected chi connectivity index (χ1v) is 13.4. The van der Waals surface area contributed by atoms with Crippen molar-refractivity contribution in [3.63, 3.8) is 0 Å². The summed E-state index contributed by atoms with van der Waals surface area (Å²) in [6.45, 7) is 1.68. The molecule has 0 unspecified atom stereocenters. The van der Waals surface area contributed by atoms with Crippen molar-refractivity contribution in [3.05, 3.63) is 66.0 Å². The van der Waals surface area contributed by atoms with Crippen molar-refractivity contribution in [1.82, 2.24) is 14.2 Å². The second kappa shape index (κ2) is 11.5. The molecular weight excluding hydrogens is 482 g/mol. The van der Waals surface area contributed by atoms with E-state index in [4.69, 9.17) is 20.6 Å². The maximum Gasteiger partial charge on any atom is 0.410 e. The summed E-state index contributed by atoms with van der Waals surface area (Å²) in [6, 6.07) is 12.8. The summed E-state index contributed by atoms with van der Waals surface area (Å²) in [5.41, 5.74) is 7.65. The van der Waals surface area contributed by atoms with E-state index in [1.54, 1.807) is 18.3 Å². The summed E-state index contributed by atoms with van der Waals surface area (Å²) in [5.74, 6) is 0.633. The molecule has 0 spiro atoms. The Morgan fingerprint density at radius 1 is 1.17 bits per heavy atom. The number of allylic oxidation sites excluding steroid dienone is 1. The minimum absolute atomic E-state index is 0.0584. The Balaban J connectivity index is 1.24. The number of rotatable bonds is 9. The molecular formula is C25H31N5O5S. The lowest BCUT2D eigenvalue weighted by Gasteiger charge is -2.41. The van der Waals surface area contributed by atoms with E-state index in [1.807, 2.05) is 30.3 Å². The number of likely N-dealkylation sites (tertiary alicyclic amines) is 1. The molecule has 0 bridgehead atoms. The highest BCUT2D eigenvalue weighted by Gasteiger charge is 2.44. The van der Waals surface area contributed by atoms with Crippen LogP contribution in [0.2, 0.25) is 0 Å². The summed E-state index contributed by atoms with van der Waals surface area (Å²) >= 11 is 0. The molecule has 0 saturated carbocycles. The molecule has 36 heavy (non-hydrogen) atoms. The number of piperidine rings is 1. The Morgan fingerprint density at radius 2 is 1.94 bits per heavy atom. The number of sulfonamides is 1. The van der Waals surface area contributed by atoms with Crippen molar-refractivity contribution < 1.29 is 22.7 Å². The van der Waals surface area contributed by atoms with Gasteiger partial charge in [0.1, 0.15) is 17.6 Å². The molecule has 4 rings (SSSR count). The number of nitrogens with zero attached hydrogens (tertiary/aromatic N) is 3. The van der Waals surface area contributed by atoms with Crippen LogP contribution < -0.4 is 10.5 Å². The van der Waals surface area contributed by atoms with Crippen molar-refractivity contribution in [1.29, 1.82) is 5.41 Å². The molecule has 10 nitrogen and oxygen atoms in total. The molecule has 1 atom stereocenters. The lowest BCUT2D eigenvalue weighted by Crippen LogP contribution is -2.61. The van der Waals surface area contributed by atoms with Crippen LogP contribution in [0.15, 0.2) is 54.7 Å². The summed E-state index contributed by atoms with van der Waals surface area (Å²) < 4.78 is 39.0. The van der Waals surface area contributed by atoms with Crippen LogP contribution >= 0.6 is 0 Å². The third kappa shape index (κ3) is 6.21. The molecule has 2 aromatic rings. The van der Waals surface area contributed by atoms with Crippen molar-refractivity contribution in [2.24, 2.45) is 11.7 Å². The molecule has 2 aliphatic heterocycles. The first-order valence-electron chi connectivity index (χ1n) is 11.9. The van der Waals surface area contributed by atoms with Crippen LogP contribution in [0.3, 0.4) is 0 Å². The molecule has 1 aromatic carbocycles. The van der Waals surface area contributed by atoms with Gasteiger partial charge < -0.3 is 25.5 Å². The van der Waals surface area contributed by atoms with Crippen molar-refractivity contribution in [2.45, 2.75) is 24.7 Å². The zero-order valence-electron chi connectivity index (χ0n) is 20.0. The fraction of sp³-hybridized carbons (Fsp3) is 0.400. The van der Waals surface area contributed by atoms with Gasteiger partial charge in [-0.25, -0.2) is 17.5 Å². The van der Waals surface area contributed by atoms with Gasteiger partial charge in [-0.05, 0) is 36.6 Å². The van der Waals surface area contributed by atoms with Crippen LogP contribution in [0.1, 0.15) is 24.1 Å². The molecule has 192 valence electrons. The number of amides is 1. The predicted molar refractivity (Wildman–Crippen MR) is 136 cm³/mol. The number of aromatic nitrogens is 1. The second-order valence-electron chi connectivity index (χ2n) is 8.96. The highest BCUT2D eigenvalue weighted by atomic mass is 32.2. The minimum Gasteiger partial charge on any atom is -0.492 e. The Morgan fingerprint density at radius 3 is 2.64 bits per heavy atom. The maximum absolute atomic E-state index is 13.2. The second-order valence-corrected chi connectivity index (χ2v) is 11.2. The van der Waals surface area contributed by atoms with Crippen molar-refractivity contribution in [2.75, 3.05) is 32.8 Å². The predicted octanol–water partition coefficient (Wildman–Crippen LogP) is 2.47. The van der Waals surface area contributed by atoms with E-state index in [2.05, 4.69) is 4.98 Å². The molecule has 3 N–H and O–H groups in total. The fourth-order valence-electron chi connectivity index (χ4n) is 4.22. The Labute approximate surface area is 211 Å². The number of nitrogens with two attached hydrogens (primary N) is 1. The highest BCUT2D eigenvalue weighted by Crippen LogP contribution is 2.27. The van der Waals surface area contributed by atoms with E-state index in [9.17, 15) is 13.2 Å². The van der Waals surface area contributed by atoms with Gasteiger partial charge in [0.05, 0.1) is 24.2 Å². The SMILES string of the molecule is N=C/C=C(\N)c1ccc(OC[C@@H]2CCCN(S(=O)(=O)C3CN(C(=O)OCc4ccccc4)C3)C2)cn1. The van der Waals surface area contributed by atoms with Gasteiger partial charge >= 0.3 is 6.09 Å². The standard InChI is InChI=1S/C25H31N5O5S/c26-11-10-23(27)24-9-8-21(13-28-24)34-18-20-7-4-12-30(14-20)36(32,33)22-15-29(16-22)25(31)35-17-19-5-2-1-3-6-19/h1-3,5-6,8-11,13,20,22,26H,4,7,12,14-18,27H2/b23-10-,26-11?/t20-/m1/s1. The third-order valence-corrected chi connectivity index (χ3v) is 8.55. The lowest BCUT2D eigenvalue weighted by atomic mass is 10.0. The van der Waals surface area contributed by atoms with Gasteiger partial charge in [-0.3, -0.25) is 4.98 Å². The molecule has 2 aliphatic rings. The van der Waals surface area contributed by atoms with E-state index in [1.165, 1.54) is 15.3 Å². The molecule has 3 heterocycles. The van der Waals surface area contributed by atoms with Crippen molar-refractivity contribution >= 4 is 28.0 Å². The summed E-state index contributed by atoms with van der Waals surface area (Å²) in [6.07, 6.45) is 5.25. The molecule has 2 fully saturated rings. The zero-order chi connectivity index (χ0) is 25.5. The van der Waals surface area contributed by atoms with Crippen LogP contribution in [-0.4, -0.2) is 73.0 Å². The minimum atomic E-state index is -3.52. The van der Waals surface area contributed by atoms with Crippen LogP contribution in [0, 0.1) is 11.3 Å². The number of carbonyl (C=O) groups is 1. The van der Waals surface area contributed by atoms with E-state index in [0.29, 0.717) is 36.8 Å². The Bertz CT molecular complexity index is 1180. The van der Waals surface area contributed by atoms with Crippen molar-refractivity contribution in [3.8, 4) is 5.75 Å². The van der Waals surface area contributed by atoms with Crippen LogP contribution in [0.25, 0.3) is 5.70 Å². The number of hydrogen-bond donors (Lipinski definition) is 2. The molecule has 2 saturated heterocycles. The third-order valence-electron chi connectivity index (χ3n) is 6.35. The van der Waals surface area contributed by atoms with Gasteiger partial charge in [0.2, 0.25) is 10.0 Å². The lowest BCUT2D eigenvalue weighted by molar-refractivity contribution is 0.0755. The number of ether oxygens (including phenoxy) is 2. The summed E-state index contributed by atoms with van der Waals surface area (Å²) in [7, 11) is -3.52. The van der Waals surface area contributed by atoms with Gasteiger partial charge in [0.15, 0.2) is 0 Å². The van der Waals surface area contributed by atoms with Crippen LogP contribution in [0.4, 0.5) is 4.79 Å². The van der Waals surface area contributed by atoms with Crippen LogP contribution in [0.5, 0.6) is 5.75 Å². The Kier molecular flexibility index (Phi) is 8.21. The summed E-state index contributed by atoms with van der Waals surface area (Å²) in [5, 5.41) is 6.47. The fourth-order valence-corrected chi connectivity index (χ4v) is 6.18. The van der Waals surface area contributed by atoms with E-state index >= 15 is 0 Å². The monoisotopic (exact) mass is 513 g/mol. The van der Waals surface area contributed by atoms with E-state index in [0.717, 1.165) is 24.6 Å². The van der Waals surface area contributed by atoms with Crippen LogP contribution in [-0.2, 0) is 21.4 Å². The van der Waals surface area contributed by atoms with Gasteiger partial charge in [0.25, 0.3) is 0 Å². The highest BCUT2D eigenvalue weighted by molar-refractivity contribution is 7.89. The van der Waals surface area contributed by atoms with Gasteiger partial charge in [-0.15, -0.1) is 0 Å².